The van der Waals surface area contributed by atoms with Crippen LogP contribution in [0.1, 0.15) is 70.6 Å². The van der Waals surface area contributed by atoms with Crippen molar-refractivity contribution in [1.29, 1.82) is 0 Å². The van der Waals surface area contributed by atoms with Crippen LogP contribution in [0, 0.1) is 0 Å². The number of nitrogens with two attached hydrogens (primary N) is 1. The van der Waals surface area contributed by atoms with Crippen molar-refractivity contribution in [3.05, 3.63) is 12.2 Å². The van der Waals surface area contributed by atoms with Crippen LogP contribution in [-0.4, -0.2) is 44.2 Å². The van der Waals surface area contributed by atoms with Gasteiger partial charge in [-0.05, 0) is 84.2 Å². The van der Waals surface area contributed by atoms with E-state index in [1.807, 2.05) is 0 Å². The molecule has 1 heterocycles. The Morgan fingerprint density at radius 1 is 0.773 bits per heavy atom. The minimum atomic E-state index is 0.798. The summed E-state index contributed by atoms with van der Waals surface area (Å²) in [7, 11) is 0. The monoisotopic (exact) mass is 309 g/mol. The second kappa shape index (κ2) is 15.5. The third-order valence-corrected chi connectivity index (χ3v) is 4.49. The van der Waals surface area contributed by atoms with Crippen molar-refractivity contribution in [2.24, 2.45) is 5.73 Å². The molecule has 0 unspecified atom stereocenters. The highest BCUT2D eigenvalue weighted by atomic mass is 15.1. The van der Waals surface area contributed by atoms with E-state index in [0.717, 1.165) is 26.1 Å². The summed E-state index contributed by atoms with van der Waals surface area (Å²) in [5, 5.41) is 3.49. The number of nitrogens with zero attached hydrogens (tertiary/aromatic N) is 1. The number of hydrogen-bond donors (Lipinski definition) is 2. The minimum Gasteiger partial charge on any atom is -0.330 e. The van der Waals surface area contributed by atoms with Crippen molar-refractivity contribution in [3.63, 3.8) is 0 Å². The summed E-state index contributed by atoms with van der Waals surface area (Å²) in [4.78, 5) is 2.68. The smallest absolute Gasteiger partial charge is 0.000664 e. The first-order valence-electron chi connectivity index (χ1n) is 9.71. The lowest BCUT2D eigenvalue weighted by molar-refractivity contribution is 0.260. The normalized spacial score (nSPS) is 21.3. The Morgan fingerprint density at radius 3 is 2.23 bits per heavy atom. The van der Waals surface area contributed by atoms with Crippen LogP contribution in [0.25, 0.3) is 0 Å². The van der Waals surface area contributed by atoms with Gasteiger partial charge in [0.2, 0.25) is 0 Å². The summed E-state index contributed by atoms with van der Waals surface area (Å²) in [6, 6.07) is 0. The summed E-state index contributed by atoms with van der Waals surface area (Å²) >= 11 is 0. The highest BCUT2D eigenvalue weighted by Gasteiger charge is 2.04. The van der Waals surface area contributed by atoms with E-state index in [1.54, 1.807) is 0 Å². The maximum Gasteiger partial charge on any atom is -0.000664 e. The Morgan fingerprint density at radius 2 is 1.41 bits per heavy atom. The lowest BCUT2D eigenvalue weighted by Crippen LogP contribution is -2.30. The molecular weight excluding hydrogens is 270 g/mol. The molecule has 0 saturated heterocycles. The molecule has 0 atom stereocenters. The van der Waals surface area contributed by atoms with Gasteiger partial charge in [0.1, 0.15) is 0 Å². The van der Waals surface area contributed by atoms with Gasteiger partial charge in [-0.2, -0.15) is 0 Å². The molecule has 0 bridgehead atoms. The van der Waals surface area contributed by atoms with Crippen LogP contribution in [0.3, 0.4) is 0 Å². The fourth-order valence-electron chi connectivity index (χ4n) is 3.09. The number of rotatable bonds is 7. The second-order valence-electron chi connectivity index (χ2n) is 6.61. The fourth-order valence-corrected chi connectivity index (χ4v) is 3.09. The average molecular weight is 310 g/mol. The van der Waals surface area contributed by atoms with Crippen molar-refractivity contribution < 1.29 is 0 Å². The maximum absolute atomic E-state index is 5.51. The average Bonchev–Trinajstić information content (AvgIpc) is 2.54. The fraction of sp³-hybridized carbons (Fsp3) is 0.895. The molecular formula is C19H39N3. The zero-order chi connectivity index (χ0) is 15.7. The second-order valence-corrected chi connectivity index (χ2v) is 6.61. The molecule has 0 saturated carbocycles. The summed E-state index contributed by atoms with van der Waals surface area (Å²) in [6.45, 7) is 6.82. The molecule has 0 aromatic rings. The first-order chi connectivity index (χ1) is 10.9. The van der Waals surface area contributed by atoms with Crippen molar-refractivity contribution in [3.8, 4) is 0 Å². The lowest BCUT2D eigenvalue weighted by Gasteiger charge is -2.22. The Hall–Kier alpha value is -0.380. The maximum atomic E-state index is 5.51. The summed E-state index contributed by atoms with van der Waals surface area (Å²) < 4.78 is 0. The Bertz CT molecular complexity index is 253. The molecule has 1 rings (SSSR count). The van der Waals surface area contributed by atoms with E-state index < -0.39 is 0 Å². The first-order valence-corrected chi connectivity index (χ1v) is 9.71. The number of allylic oxidation sites excluding steroid dienone is 2. The Kier molecular flexibility index (Phi) is 13.9. The Labute approximate surface area is 138 Å². The van der Waals surface area contributed by atoms with Gasteiger partial charge in [0.25, 0.3) is 0 Å². The Balaban J connectivity index is 2.17. The van der Waals surface area contributed by atoms with Crippen LogP contribution < -0.4 is 11.1 Å². The molecule has 0 aromatic heterocycles. The van der Waals surface area contributed by atoms with Crippen molar-refractivity contribution in [2.75, 3.05) is 39.3 Å². The molecule has 3 N–H and O–H groups in total. The van der Waals surface area contributed by atoms with Gasteiger partial charge >= 0.3 is 0 Å². The van der Waals surface area contributed by atoms with E-state index >= 15 is 0 Å². The summed E-state index contributed by atoms with van der Waals surface area (Å²) in [5.74, 6) is 0. The van der Waals surface area contributed by atoms with Crippen LogP contribution in [0.15, 0.2) is 12.2 Å². The largest absolute Gasteiger partial charge is 0.330 e. The SMILES string of the molecule is NCCCNCCCN1CCC/C=C/CCCCCCCC1. The van der Waals surface area contributed by atoms with Gasteiger partial charge in [-0.1, -0.05) is 37.8 Å². The summed E-state index contributed by atoms with van der Waals surface area (Å²) in [5.41, 5.74) is 5.51. The topological polar surface area (TPSA) is 41.3 Å². The molecule has 0 spiro atoms. The van der Waals surface area contributed by atoms with E-state index in [-0.39, 0.29) is 0 Å². The molecule has 0 amide bonds. The van der Waals surface area contributed by atoms with Crippen LogP contribution in [0.5, 0.6) is 0 Å². The van der Waals surface area contributed by atoms with Gasteiger partial charge in [0, 0.05) is 0 Å². The van der Waals surface area contributed by atoms with Gasteiger partial charge in [0.05, 0.1) is 0 Å². The highest BCUT2D eigenvalue weighted by Crippen LogP contribution is 2.10. The van der Waals surface area contributed by atoms with Gasteiger partial charge in [-0.15, -0.1) is 0 Å². The highest BCUT2D eigenvalue weighted by molar-refractivity contribution is 4.81. The zero-order valence-electron chi connectivity index (χ0n) is 14.7. The van der Waals surface area contributed by atoms with E-state index in [0.29, 0.717) is 0 Å². The number of hydrogen-bond acceptors (Lipinski definition) is 3. The van der Waals surface area contributed by atoms with Crippen LogP contribution in [0.4, 0.5) is 0 Å². The van der Waals surface area contributed by atoms with E-state index in [4.69, 9.17) is 5.73 Å². The molecule has 0 fully saturated rings. The first kappa shape index (κ1) is 19.7. The van der Waals surface area contributed by atoms with Crippen molar-refractivity contribution in [1.82, 2.24) is 10.2 Å². The molecule has 0 aromatic carbocycles. The minimum absolute atomic E-state index is 0.798. The predicted molar refractivity (Wildman–Crippen MR) is 98.3 cm³/mol. The van der Waals surface area contributed by atoms with Crippen LogP contribution in [-0.2, 0) is 0 Å². The van der Waals surface area contributed by atoms with Crippen molar-refractivity contribution in [2.45, 2.75) is 70.6 Å². The molecule has 3 nitrogen and oxygen atoms in total. The molecule has 130 valence electrons. The van der Waals surface area contributed by atoms with E-state index in [9.17, 15) is 0 Å². The lowest BCUT2D eigenvalue weighted by atomic mass is 10.1. The van der Waals surface area contributed by atoms with Gasteiger partial charge in [-0.25, -0.2) is 0 Å². The third-order valence-electron chi connectivity index (χ3n) is 4.49. The van der Waals surface area contributed by atoms with Gasteiger partial charge in [0.15, 0.2) is 0 Å². The van der Waals surface area contributed by atoms with Crippen molar-refractivity contribution >= 4 is 0 Å². The third kappa shape index (κ3) is 12.2. The zero-order valence-corrected chi connectivity index (χ0v) is 14.7. The van der Waals surface area contributed by atoms with E-state index in [2.05, 4.69) is 22.4 Å². The van der Waals surface area contributed by atoms with Gasteiger partial charge < -0.3 is 16.0 Å². The predicted octanol–water partition coefficient (Wildman–Crippen LogP) is 3.70. The standard InChI is InChI=1S/C19H39N3/c20-14-12-15-21-16-13-19-22-17-10-8-6-4-2-1-3-5-7-9-11-18-22/h4,6,21H,1-3,5,7-20H2/b6-4+. The molecule has 0 aliphatic carbocycles. The molecule has 1 aliphatic rings. The summed E-state index contributed by atoms with van der Waals surface area (Å²) in [6.07, 6.45) is 19.5. The van der Waals surface area contributed by atoms with Gasteiger partial charge in [-0.3, -0.25) is 0 Å². The molecule has 0 radical (unpaired) electrons. The van der Waals surface area contributed by atoms with Crippen LogP contribution >= 0.6 is 0 Å². The molecule has 1 aliphatic heterocycles. The number of nitrogens with one attached hydrogen (secondary N) is 1. The quantitative estimate of drug-likeness (QED) is 0.556. The van der Waals surface area contributed by atoms with Crippen LogP contribution in [0.2, 0.25) is 0 Å². The molecule has 22 heavy (non-hydrogen) atoms. The van der Waals surface area contributed by atoms with E-state index in [1.165, 1.54) is 83.8 Å². The molecule has 3 heteroatoms.